The second kappa shape index (κ2) is 4.67. The molecule has 2 aliphatic rings. The molecular weight excluding hydrogens is 286 g/mol. The van der Waals surface area contributed by atoms with Crippen molar-refractivity contribution >= 4 is 23.7 Å². The molecule has 5 heteroatoms. The Kier molecular flexibility index (Phi) is 3.28. The van der Waals surface area contributed by atoms with Crippen LogP contribution in [0.2, 0.25) is 5.15 Å². The Morgan fingerprint density at radius 1 is 1.33 bits per heavy atom. The van der Waals surface area contributed by atoms with Gasteiger partial charge in [-0.1, -0.05) is 32.4 Å². The lowest BCUT2D eigenvalue weighted by Gasteiger charge is -2.43. The third kappa shape index (κ3) is 2.15. The highest BCUT2D eigenvalue weighted by atomic mass is 35.5. The van der Waals surface area contributed by atoms with Crippen molar-refractivity contribution in [3.8, 4) is 0 Å². The summed E-state index contributed by atoms with van der Waals surface area (Å²) in [5.74, 6) is 1.90. The monoisotopic (exact) mass is 307 g/mol. The Balaban J connectivity index is 1.99. The zero-order valence-electron chi connectivity index (χ0n) is 13.0. The molecule has 4 nitrogen and oxygen atoms in total. The lowest BCUT2D eigenvalue weighted by molar-refractivity contribution is 0.112. The van der Waals surface area contributed by atoms with Gasteiger partial charge >= 0.3 is 0 Å². The van der Waals surface area contributed by atoms with Crippen LogP contribution in [-0.2, 0) is 0 Å². The molecule has 0 aliphatic heterocycles. The molecule has 0 aromatic carbocycles. The third-order valence-corrected chi connectivity index (χ3v) is 5.97. The van der Waals surface area contributed by atoms with Gasteiger partial charge in [0.05, 0.1) is 5.56 Å². The van der Waals surface area contributed by atoms with Crippen LogP contribution in [0.4, 0.5) is 5.82 Å². The molecule has 0 amide bonds. The Morgan fingerprint density at radius 3 is 2.62 bits per heavy atom. The van der Waals surface area contributed by atoms with E-state index in [0.717, 1.165) is 12.2 Å². The maximum Gasteiger partial charge on any atom is 0.156 e. The van der Waals surface area contributed by atoms with E-state index in [-0.39, 0.29) is 16.0 Å². The first kappa shape index (κ1) is 14.8. The molecule has 2 aliphatic carbocycles. The van der Waals surface area contributed by atoms with Gasteiger partial charge in [0.25, 0.3) is 0 Å². The zero-order chi connectivity index (χ0) is 15.4. The number of nitrogens with zero attached hydrogens (tertiary/aromatic N) is 2. The summed E-state index contributed by atoms with van der Waals surface area (Å²) in [6.07, 6.45) is 4.51. The quantitative estimate of drug-likeness (QED) is 0.680. The Labute approximate surface area is 130 Å². The van der Waals surface area contributed by atoms with Crippen LogP contribution in [0.1, 0.15) is 56.2 Å². The van der Waals surface area contributed by atoms with Gasteiger partial charge in [0.2, 0.25) is 0 Å². The number of rotatable bonds is 3. The molecular formula is C16H22ClN3O. The highest BCUT2D eigenvalue weighted by Gasteiger charge is 2.59. The predicted molar refractivity (Wildman–Crippen MR) is 83.8 cm³/mol. The van der Waals surface area contributed by atoms with Crippen molar-refractivity contribution in [2.45, 2.75) is 53.0 Å². The summed E-state index contributed by atoms with van der Waals surface area (Å²) >= 11 is 6.08. The van der Waals surface area contributed by atoms with Gasteiger partial charge in [-0.3, -0.25) is 4.79 Å². The summed E-state index contributed by atoms with van der Waals surface area (Å²) in [5, 5.41) is 3.77. The first-order valence-electron chi connectivity index (χ1n) is 7.54. The van der Waals surface area contributed by atoms with Gasteiger partial charge in [-0.15, -0.1) is 0 Å². The minimum absolute atomic E-state index is 0.193. The van der Waals surface area contributed by atoms with Gasteiger partial charge < -0.3 is 5.32 Å². The number of fused-ring (bicyclic) bond motifs is 2. The number of halogens is 1. The van der Waals surface area contributed by atoms with E-state index in [4.69, 9.17) is 11.6 Å². The summed E-state index contributed by atoms with van der Waals surface area (Å²) in [5.41, 5.74) is 0.822. The maximum atomic E-state index is 11.3. The number of hydrogen-bond acceptors (Lipinski definition) is 4. The molecule has 114 valence electrons. The maximum absolute atomic E-state index is 11.3. The van der Waals surface area contributed by atoms with E-state index < -0.39 is 0 Å². The Hall–Kier alpha value is -1.16. The first-order chi connectivity index (χ1) is 9.78. The number of anilines is 1. The fourth-order valence-corrected chi connectivity index (χ4v) is 4.82. The van der Waals surface area contributed by atoms with Crippen LogP contribution in [0.15, 0.2) is 0 Å². The highest BCUT2D eigenvalue weighted by Crippen LogP contribution is 2.63. The van der Waals surface area contributed by atoms with E-state index in [1.807, 2.05) is 0 Å². The summed E-state index contributed by atoms with van der Waals surface area (Å²) in [6.45, 7) is 8.76. The standard InChI is InChI=1S/C16H22ClN3O/c1-9-18-12(17)11(8-21)13(19-9)20-14-15(2,3)10-5-6-16(14,4)7-10/h8,10,14H,5-7H2,1-4H3,(H,18,19,20). The van der Waals surface area contributed by atoms with Gasteiger partial charge in [0.1, 0.15) is 16.8 Å². The van der Waals surface area contributed by atoms with Crippen LogP contribution in [0.3, 0.4) is 0 Å². The highest BCUT2D eigenvalue weighted by molar-refractivity contribution is 6.32. The summed E-state index contributed by atoms with van der Waals surface area (Å²) in [7, 11) is 0. The van der Waals surface area contributed by atoms with Crippen molar-refractivity contribution < 1.29 is 4.79 Å². The minimum Gasteiger partial charge on any atom is -0.365 e. The van der Waals surface area contributed by atoms with E-state index in [0.29, 0.717) is 23.2 Å². The minimum atomic E-state index is 0.193. The molecule has 2 fully saturated rings. The fraction of sp³-hybridized carbons (Fsp3) is 0.688. The molecule has 0 spiro atoms. The van der Waals surface area contributed by atoms with Crippen LogP contribution in [-0.4, -0.2) is 22.3 Å². The molecule has 1 N–H and O–H groups in total. The van der Waals surface area contributed by atoms with Crippen LogP contribution < -0.4 is 5.32 Å². The van der Waals surface area contributed by atoms with Crippen LogP contribution >= 0.6 is 11.6 Å². The van der Waals surface area contributed by atoms with Crippen molar-refractivity contribution in [1.29, 1.82) is 0 Å². The predicted octanol–water partition coefficient (Wildman–Crippen LogP) is 3.88. The molecule has 3 atom stereocenters. The molecule has 2 bridgehead atoms. The molecule has 1 heterocycles. The number of carbonyl (C=O) groups excluding carboxylic acids is 1. The van der Waals surface area contributed by atoms with Gasteiger partial charge in [-0.2, -0.15) is 0 Å². The average Bonchev–Trinajstić information content (AvgIpc) is 2.85. The van der Waals surface area contributed by atoms with Crippen LogP contribution in [0, 0.1) is 23.7 Å². The second-order valence-electron chi connectivity index (χ2n) is 7.43. The van der Waals surface area contributed by atoms with Crippen LogP contribution in [0.5, 0.6) is 0 Å². The number of hydrogen-bond donors (Lipinski definition) is 1. The Bertz CT molecular complexity index is 597. The molecule has 0 saturated heterocycles. The third-order valence-electron chi connectivity index (χ3n) is 5.68. The smallest absolute Gasteiger partial charge is 0.156 e. The number of nitrogens with one attached hydrogen (secondary N) is 1. The molecule has 3 unspecified atom stereocenters. The first-order valence-corrected chi connectivity index (χ1v) is 7.91. The largest absolute Gasteiger partial charge is 0.365 e. The number of aromatic nitrogens is 2. The van der Waals surface area contributed by atoms with E-state index in [1.165, 1.54) is 19.3 Å². The molecule has 0 radical (unpaired) electrons. The lowest BCUT2D eigenvalue weighted by Crippen LogP contribution is -2.46. The molecule has 2 saturated carbocycles. The number of aldehydes is 1. The van der Waals surface area contributed by atoms with Gasteiger partial charge in [-0.25, -0.2) is 9.97 Å². The van der Waals surface area contributed by atoms with Gasteiger partial charge in [0, 0.05) is 6.04 Å². The molecule has 21 heavy (non-hydrogen) atoms. The molecule has 1 aromatic heterocycles. The number of aryl methyl sites for hydroxylation is 1. The van der Waals surface area contributed by atoms with Crippen molar-refractivity contribution in [2.75, 3.05) is 5.32 Å². The normalized spacial score (nSPS) is 33.2. The fourth-order valence-electron chi connectivity index (χ4n) is 4.56. The van der Waals surface area contributed by atoms with Crippen molar-refractivity contribution in [3.63, 3.8) is 0 Å². The Morgan fingerprint density at radius 2 is 2.05 bits per heavy atom. The van der Waals surface area contributed by atoms with Crippen molar-refractivity contribution in [2.24, 2.45) is 16.7 Å². The van der Waals surface area contributed by atoms with E-state index in [2.05, 4.69) is 36.1 Å². The SMILES string of the molecule is Cc1nc(Cl)c(C=O)c(NC2C3(C)CCC(C3)C2(C)C)n1. The van der Waals surface area contributed by atoms with Crippen molar-refractivity contribution in [1.82, 2.24) is 9.97 Å². The topological polar surface area (TPSA) is 54.9 Å². The zero-order valence-corrected chi connectivity index (χ0v) is 13.8. The van der Waals surface area contributed by atoms with Gasteiger partial charge in [-0.05, 0) is 42.9 Å². The van der Waals surface area contributed by atoms with E-state index in [1.54, 1.807) is 6.92 Å². The second-order valence-corrected chi connectivity index (χ2v) is 7.79. The van der Waals surface area contributed by atoms with E-state index in [9.17, 15) is 4.79 Å². The molecule has 3 rings (SSSR count). The van der Waals surface area contributed by atoms with Gasteiger partial charge in [0.15, 0.2) is 6.29 Å². The number of carbonyl (C=O) groups is 1. The molecule has 1 aromatic rings. The van der Waals surface area contributed by atoms with Crippen molar-refractivity contribution in [3.05, 3.63) is 16.5 Å². The van der Waals surface area contributed by atoms with Crippen LogP contribution in [0.25, 0.3) is 0 Å². The lowest BCUT2D eigenvalue weighted by atomic mass is 9.68. The average molecular weight is 308 g/mol. The summed E-state index contributed by atoms with van der Waals surface area (Å²) in [6, 6.07) is 0.299. The summed E-state index contributed by atoms with van der Waals surface area (Å²) in [4.78, 5) is 19.8. The van der Waals surface area contributed by atoms with E-state index >= 15 is 0 Å². The summed E-state index contributed by atoms with van der Waals surface area (Å²) < 4.78 is 0.